The van der Waals surface area contributed by atoms with Gasteiger partial charge in [0, 0.05) is 29.6 Å². The number of nitrogen functional groups attached to an aromatic ring is 2. The third-order valence-electron chi connectivity index (χ3n) is 4.56. The number of anilines is 2. The van der Waals surface area contributed by atoms with Crippen LogP contribution in [0.5, 0.6) is 11.5 Å². The molecule has 31 heavy (non-hydrogen) atoms. The molecule has 166 valence electrons. The molecule has 2 aromatic rings. The van der Waals surface area contributed by atoms with Gasteiger partial charge in [-0.15, -0.1) is 0 Å². The molecular weight excluding hydrogens is 426 g/mol. The first-order chi connectivity index (χ1) is 14.4. The number of hydrogen-bond acceptors (Lipinski definition) is 4. The van der Waals surface area contributed by atoms with Crippen LogP contribution in [-0.4, -0.2) is 18.1 Å². The Bertz CT molecular complexity index is 923. The minimum atomic E-state index is -5.62. The van der Waals surface area contributed by atoms with E-state index in [1.54, 1.807) is 0 Å². The summed E-state index contributed by atoms with van der Waals surface area (Å²) >= 11 is 0. The predicted octanol–water partition coefficient (Wildman–Crippen LogP) is 5.49. The van der Waals surface area contributed by atoms with Crippen molar-refractivity contribution < 1.29 is 35.8 Å². The van der Waals surface area contributed by atoms with E-state index < -0.39 is 30.0 Å². The van der Waals surface area contributed by atoms with Crippen LogP contribution in [0, 0.1) is 11.8 Å². The van der Waals surface area contributed by atoms with Gasteiger partial charge < -0.3 is 20.9 Å². The third kappa shape index (κ3) is 5.07. The molecule has 0 aromatic heterocycles. The maximum Gasteiger partial charge on any atom is 0.401 e. The van der Waals surface area contributed by atoms with Gasteiger partial charge in [0.25, 0.3) is 5.79 Å². The second-order valence-electron chi connectivity index (χ2n) is 6.90. The van der Waals surface area contributed by atoms with Gasteiger partial charge in [0.2, 0.25) is 0 Å². The largest absolute Gasteiger partial charge is 0.448 e. The molecule has 10 heteroatoms. The Labute approximate surface area is 173 Å². The Balaban J connectivity index is 2.15. The van der Waals surface area contributed by atoms with E-state index in [0.717, 1.165) is 18.2 Å². The Morgan fingerprint density at radius 2 is 1.26 bits per heavy atom. The highest BCUT2D eigenvalue weighted by atomic mass is 19.4. The molecule has 2 aromatic carbocycles. The molecule has 1 atom stereocenters. The van der Waals surface area contributed by atoms with Crippen LogP contribution >= 0.6 is 0 Å². The maximum atomic E-state index is 13.6. The monoisotopic (exact) mass is 444 g/mol. The zero-order chi connectivity index (χ0) is 22.9. The summed E-state index contributed by atoms with van der Waals surface area (Å²) in [5, 5.41) is 0. The van der Waals surface area contributed by atoms with Crippen molar-refractivity contribution in [3.63, 3.8) is 0 Å². The van der Waals surface area contributed by atoms with Crippen molar-refractivity contribution in [3.05, 3.63) is 72.8 Å². The standard InChI is InChI=1S/C21H18F6N2O2/c22-20(23,24)18(21(25,26)27)17-9-1-2-10-19(17,30-15-7-3-5-13(28)11-15)31-16-8-4-6-14(29)12-16/h1-12,17-18H,28-29H2. The van der Waals surface area contributed by atoms with E-state index in [1.807, 2.05) is 0 Å². The summed E-state index contributed by atoms with van der Waals surface area (Å²) in [4.78, 5) is 0. The van der Waals surface area contributed by atoms with Crippen molar-refractivity contribution in [2.75, 3.05) is 11.5 Å². The average molecular weight is 444 g/mol. The Morgan fingerprint density at radius 3 is 1.68 bits per heavy atom. The van der Waals surface area contributed by atoms with Crippen molar-refractivity contribution in [3.8, 4) is 11.5 Å². The Kier molecular flexibility index (Phi) is 5.84. The van der Waals surface area contributed by atoms with Gasteiger partial charge in [-0.2, -0.15) is 26.3 Å². The van der Waals surface area contributed by atoms with Crippen LogP contribution in [-0.2, 0) is 0 Å². The van der Waals surface area contributed by atoms with E-state index in [2.05, 4.69) is 0 Å². The van der Waals surface area contributed by atoms with Gasteiger partial charge in [0.15, 0.2) is 5.92 Å². The summed E-state index contributed by atoms with van der Waals surface area (Å²) < 4.78 is 93.1. The number of benzene rings is 2. The molecule has 0 heterocycles. The summed E-state index contributed by atoms with van der Waals surface area (Å²) in [6.07, 6.45) is -7.14. The number of alkyl halides is 6. The number of hydrogen-bond donors (Lipinski definition) is 2. The molecule has 0 amide bonds. The molecule has 1 aliphatic carbocycles. The SMILES string of the molecule is Nc1cccc(OC2(Oc3cccc(N)c3)C=CC=CC2C(C(F)(F)F)C(F)(F)F)c1. The highest BCUT2D eigenvalue weighted by Crippen LogP contribution is 2.50. The summed E-state index contributed by atoms with van der Waals surface area (Å²) in [5.74, 6) is -8.70. The summed E-state index contributed by atoms with van der Waals surface area (Å²) in [5.41, 5.74) is 11.8. The average Bonchev–Trinajstić information content (AvgIpc) is 2.61. The molecule has 0 spiro atoms. The number of nitrogens with two attached hydrogens (primary N) is 2. The molecule has 4 N–H and O–H groups in total. The quantitative estimate of drug-likeness (QED) is 0.364. The lowest BCUT2D eigenvalue weighted by Crippen LogP contribution is -2.56. The lowest BCUT2D eigenvalue weighted by Gasteiger charge is -2.42. The van der Waals surface area contributed by atoms with Crippen LogP contribution in [0.3, 0.4) is 0 Å². The molecule has 0 saturated carbocycles. The van der Waals surface area contributed by atoms with Crippen LogP contribution in [0.15, 0.2) is 72.8 Å². The smallest absolute Gasteiger partial charge is 0.401 e. The number of ether oxygens (including phenoxy) is 2. The first-order valence-electron chi connectivity index (χ1n) is 8.99. The molecule has 4 nitrogen and oxygen atoms in total. The molecule has 1 unspecified atom stereocenters. The second-order valence-corrected chi connectivity index (χ2v) is 6.90. The van der Waals surface area contributed by atoms with Gasteiger partial charge in [-0.3, -0.25) is 0 Å². The number of allylic oxidation sites excluding steroid dienone is 2. The zero-order valence-electron chi connectivity index (χ0n) is 15.8. The lowest BCUT2D eigenvalue weighted by atomic mass is 9.80. The second kappa shape index (κ2) is 8.09. The van der Waals surface area contributed by atoms with Gasteiger partial charge in [0.05, 0.1) is 5.92 Å². The van der Waals surface area contributed by atoms with E-state index in [0.29, 0.717) is 0 Å². The van der Waals surface area contributed by atoms with E-state index in [9.17, 15) is 26.3 Å². The Morgan fingerprint density at radius 1 is 0.774 bits per heavy atom. The van der Waals surface area contributed by atoms with Crippen LogP contribution in [0.1, 0.15) is 0 Å². The van der Waals surface area contributed by atoms with Crippen LogP contribution in [0.4, 0.5) is 37.7 Å². The fourth-order valence-electron chi connectivity index (χ4n) is 3.30. The van der Waals surface area contributed by atoms with Crippen LogP contribution in [0.2, 0.25) is 0 Å². The minimum absolute atomic E-state index is 0.0723. The molecule has 1 aliphatic rings. The summed E-state index contributed by atoms with van der Waals surface area (Å²) in [6, 6.07) is 11.1. The predicted molar refractivity (Wildman–Crippen MR) is 103 cm³/mol. The topological polar surface area (TPSA) is 70.5 Å². The molecule has 0 fully saturated rings. The van der Waals surface area contributed by atoms with Crippen LogP contribution in [0.25, 0.3) is 0 Å². The van der Waals surface area contributed by atoms with Crippen molar-refractivity contribution in [2.24, 2.45) is 11.8 Å². The molecular formula is C21H18F6N2O2. The van der Waals surface area contributed by atoms with Crippen LogP contribution < -0.4 is 20.9 Å². The molecule has 0 saturated heterocycles. The van der Waals surface area contributed by atoms with Gasteiger partial charge in [-0.1, -0.05) is 30.4 Å². The fourth-order valence-corrected chi connectivity index (χ4v) is 3.30. The molecule has 0 aliphatic heterocycles. The van der Waals surface area contributed by atoms with E-state index in [4.69, 9.17) is 20.9 Å². The van der Waals surface area contributed by atoms with E-state index in [-0.39, 0.29) is 22.9 Å². The maximum absolute atomic E-state index is 13.6. The first kappa shape index (κ1) is 22.4. The van der Waals surface area contributed by atoms with Gasteiger partial charge in [0.1, 0.15) is 11.5 Å². The molecule has 3 rings (SSSR count). The van der Waals surface area contributed by atoms with Gasteiger partial charge in [-0.25, -0.2) is 0 Å². The first-order valence-corrected chi connectivity index (χ1v) is 8.99. The van der Waals surface area contributed by atoms with E-state index in [1.165, 1.54) is 54.6 Å². The van der Waals surface area contributed by atoms with Crippen molar-refractivity contribution in [2.45, 2.75) is 18.1 Å². The van der Waals surface area contributed by atoms with Crippen molar-refractivity contribution in [1.82, 2.24) is 0 Å². The minimum Gasteiger partial charge on any atom is -0.448 e. The highest BCUT2D eigenvalue weighted by Gasteiger charge is 2.65. The van der Waals surface area contributed by atoms with Crippen molar-refractivity contribution in [1.29, 1.82) is 0 Å². The highest BCUT2D eigenvalue weighted by molar-refractivity contribution is 5.46. The number of rotatable bonds is 5. The normalized spacial score (nSPS) is 18.2. The Hall–Kier alpha value is -3.30. The van der Waals surface area contributed by atoms with Crippen molar-refractivity contribution >= 4 is 11.4 Å². The van der Waals surface area contributed by atoms with E-state index >= 15 is 0 Å². The van der Waals surface area contributed by atoms with Gasteiger partial charge >= 0.3 is 12.4 Å². The molecule has 0 bridgehead atoms. The number of halogens is 6. The fraction of sp³-hybridized carbons (Fsp3) is 0.238. The van der Waals surface area contributed by atoms with Gasteiger partial charge in [-0.05, 0) is 24.3 Å². The lowest BCUT2D eigenvalue weighted by molar-refractivity contribution is -0.314. The zero-order valence-corrected chi connectivity index (χ0v) is 15.8. The third-order valence-corrected chi connectivity index (χ3v) is 4.56. The molecule has 0 radical (unpaired) electrons. The summed E-state index contributed by atoms with van der Waals surface area (Å²) in [6.45, 7) is 0. The summed E-state index contributed by atoms with van der Waals surface area (Å²) in [7, 11) is 0.